The van der Waals surface area contributed by atoms with Gasteiger partial charge in [-0.25, -0.2) is 9.59 Å². The van der Waals surface area contributed by atoms with E-state index in [0.29, 0.717) is 24.5 Å². The van der Waals surface area contributed by atoms with Gasteiger partial charge in [0, 0.05) is 56.0 Å². The second kappa shape index (κ2) is 8.88. The lowest BCUT2D eigenvalue weighted by atomic mass is 10.2. The molecule has 0 bridgehead atoms. The van der Waals surface area contributed by atoms with Crippen molar-refractivity contribution in [3.8, 4) is 5.75 Å². The number of benzene rings is 1. The summed E-state index contributed by atoms with van der Waals surface area (Å²) >= 11 is 0. The number of carbonyl (C=O) groups excluding carboxylic acids is 2. The number of rotatable bonds is 5. The number of carbonyl (C=O) groups is 2. The molecule has 2 amide bonds. The largest absolute Gasteiger partial charge is 0.482 e. The van der Waals surface area contributed by atoms with Crippen LogP contribution >= 0.6 is 0 Å². The Kier molecular flexibility index (Phi) is 6.09. The van der Waals surface area contributed by atoms with Gasteiger partial charge >= 0.3 is 12.0 Å². The average molecular weight is 370 g/mol. The minimum Gasteiger partial charge on any atom is -0.482 e. The van der Waals surface area contributed by atoms with E-state index in [-0.39, 0.29) is 12.6 Å². The van der Waals surface area contributed by atoms with Gasteiger partial charge in [0.05, 0.1) is 7.11 Å². The number of urea groups is 1. The highest BCUT2D eigenvalue weighted by Gasteiger charge is 2.21. The molecule has 8 heteroatoms. The van der Waals surface area contributed by atoms with Crippen LogP contribution in [0.25, 0.3) is 0 Å². The zero-order valence-corrected chi connectivity index (χ0v) is 15.1. The van der Waals surface area contributed by atoms with E-state index in [4.69, 9.17) is 4.74 Å². The lowest BCUT2D eigenvalue weighted by Gasteiger charge is -2.36. The van der Waals surface area contributed by atoms with E-state index in [1.165, 1.54) is 7.11 Å². The quantitative estimate of drug-likeness (QED) is 0.811. The van der Waals surface area contributed by atoms with Gasteiger partial charge in [0.2, 0.25) is 0 Å². The molecule has 0 spiro atoms. The third kappa shape index (κ3) is 5.10. The Bertz CT molecular complexity index is 776. The highest BCUT2D eigenvalue weighted by atomic mass is 16.6. The van der Waals surface area contributed by atoms with Crippen molar-refractivity contribution in [1.82, 2.24) is 9.88 Å². The van der Waals surface area contributed by atoms with Crippen LogP contribution in [0.15, 0.2) is 48.8 Å². The number of aromatic nitrogens is 1. The first-order chi connectivity index (χ1) is 13.2. The van der Waals surface area contributed by atoms with Crippen molar-refractivity contribution in [2.75, 3.05) is 50.1 Å². The zero-order valence-electron chi connectivity index (χ0n) is 15.1. The summed E-state index contributed by atoms with van der Waals surface area (Å²) in [5.41, 5.74) is 1.72. The molecule has 2 heterocycles. The number of ether oxygens (including phenoxy) is 2. The Balaban J connectivity index is 1.51. The van der Waals surface area contributed by atoms with Gasteiger partial charge < -0.3 is 24.6 Å². The van der Waals surface area contributed by atoms with E-state index in [1.807, 2.05) is 12.1 Å². The number of nitrogens with zero attached hydrogens (tertiary/aromatic N) is 3. The average Bonchev–Trinajstić information content (AvgIpc) is 2.73. The molecule has 0 aliphatic carbocycles. The van der Waals surface area contributed by atoms with E-state index >= 15 is 0 Å². The second-order valence-electron chi connectivity index (χ2n) is 6.00. The molecule has 0 atom stereocenters. The summed E-state index contributed by atoms with van der Waals surface area (Å²) in [7, 11) is 1.30. The molecule has 142 valence electrons. The Hall–Kier alpha value is -3.29. The summed E-state index contributed by atoms with van der Waals surface area (Å²) in [6.45, 7) is 2.61. The van der Waals surface area contributed by atoms with Crippen molar-refractivity contribution in [2.45, 2.75) is 0 Å². The number of pyridine rings is 1. The van der Waals surface area contributed by atoms with E-state index in [2.05, 4.69) is 19.9 Å². The molecule has 1 saturated heterocycles. The van der Waals surface area contributed by atoms with Crippen molar-refractivity contribution in [1.29, 1.82) is 0 Å². The molecule has 3 rings (SSSR count). The van der Waals surface area contributed by atoms with Crippen molar-refractivity contribution in [3.05, 3.63) is 48.8 Å². The fraction of sp³-hybridized carbons (Fsp3) is 0.316. The highest BCUT2D eigenvalue weighted by molar-refractivity contribution is 5.89. The van der Waals surface area contributed by atoms with Crippen LogP contribution in [-0.4, -0.2) is 61.8 Å². The van der Waals surface area contributed by atoms with Gasteiger partial charge in [0.1, 0.15) is 5.75 Å². The third-order valence-corrected chi connectivity index (χ3v) is 4.26. The number of amides is 2. The SMILES string of the molecule is COC(=O)COc1cccc(NC(=O)N2CCN(c3ccncc3)CC2)c1. The minimum absolute atomic E-state index is 0.158. The minimum atomic E-state index is -0.462. The van der Waals surface area contributed by atoms with Gasteiger partial charge in [-0.2, -0.15) is 0 Å². The molecule has 8 nitrogen and oxygen atoms in total. The Morgan fingerprint density at radius 1 is 1.11 bits per heavy atom. The number of piperazine rings is 1. The van der Waals surface area contributed by atoms with Gasteiger partial charge in [0.25, 0.3) is 0 Å². The molecule has 0 radical (unpaired) electrons. The summed E-state index contributed by atoms with van der Waals surface area (Å²) in [5, 5.41) is 2.87. The maximum atomic E-state index is 12.5. The standard InChI is InChI=1S/C19H22N4O4/c1-26-18(24)14-27-17-4-2-3-15(13-17)21-19(25)23-11-9-22(10-12-23)16-5-7-20-8-6-16/h2-8,13H,9-12,14H2,1H3,(H,21,25). The lowest BCUT2D eigenvalue weighted by molar-refractivity contribution is -0.142. The van der Waals surface area contributed by atoms with E-state index in [1.54, 1.807) is 41.6 Å². The fourth-order valence-electron chi connectivity index (χ4n) is 2.79. The predicted octanol–water partition coefficient (Wildman–Crippen LogP) is 1.99. The molecule has 1 aromatic heterocycles. The zero-order chi connectivity index (χ0) is 19.1. The van der Waals surface area contributed by atoms with E-state index in [9.17, 15) is 9.59 Å². The van der Waals surface area contributed by atoms with Crippen molar-refractivity contribution < 1.29 is 19.1 Å². The first-order valence-electron chi connectivity index (χ1n) is 8.66. The summed E-state index contributed by atoms with van der Waals surface area (Å²) in [4.78, 5) is 31.7. The maximum absolute atomic E-state index is 12.5. The Labute approximate surface area is 157 Å². The van der Waals surface area contributed by atoms with Crippen molar-refractivity contribution in [2.24, 2.45) is 0 Å². The number of anilines is 2. The topological polar surface area (TPSA) is 84.0 Å². The number of hydrogen-bond acceptors (Lipinski definition) is 6. The maximum Gasteiger partial charge on any atom is 0.343 e. The highest BCUT2D eigenvalue weighted by Crippen LogP contribution is 2.19. The van der Waals surface area contributed by atoms with Gasteiger partial charge in [0.15, 0.2) is 6.61 Å². The summed E-state index contributed by atoms with van der Waals surface area (Å²) in [5.74, 6) is 0.0252. The third-order valence-electron chi connectivity index (χ3n) is 4.26. The van der Waals surface area contributed by atoms with Crippen LogP contribution in [0.5, 0.6) is 5.75 Å². The normalized spacial score (nSPS) is 13.8. The molecule has 1 N–H and O–H groups in total. The van der Waals surface area contributed by atoms with Crippen LogP contribution in [0.4, 0.5) is 16.2 Å². The number of nitrogens with one attached hydrogen (secondary N) is 1. The molecule has 1 aromatic carbocycles. The summed E-state index contributed by atoms with van der Waals surface area (Å²) in [6, 6.07) is 10.7. The van der Waals surface area contributed by atoms with E-state index < -0.39 is 5.97 Å². The molecular formula is C19H22N4O4. The molecule has 1 fully saturated rings. The van der Waals surface area contributed by atoms with Crippen LogP contribution in [0.1, 0.15) is 0 Å². The smallest absolute Gasteiger partial charge is 0.343 e. The van der Waals surface area contributed by atoms with E-state index in [0.717, 1.165) is 18.8 Å². The second-order valence-corrected chi connectivity index (χ2v) is 6.00. The van der Waals surface area contributed by atoms with Crippen molar-refractivity contribution >= 4 is 23.4 Å². The van der Waals surface area contributed by atoms with Crippen LogP contribution in [0.3, 0.4) is 0 Å². The van der Waals surface area contributed by atoms with Gasteiger partial charge in [-0.3, -0.25) is 4.98 Å². The summed E-state index contributed by atoms with van der Waals surface area (Å²) in [6.07, 6.45) is 3.54. The van der Waals surface area contributed by atoms with Crippen LogP contribution in [0.2, 0.25) is 0 Å². The van der Waals surface area contributed by atoms with Crippen LogP contribution in [-0.2, 0) is 9.53 Å². The van der Waals surface area contributed by atoms with Gasteiger partial charge in [-0.15, -0.1) is 0 Å². The van der Waals surface area contributed by atoms with Crippen LogP contribution in [0, 0.1) is 0 Å². The van der Waals surface area contributed by atoms with Gasteiger partial charge in [-0.05, 0) is 24.3 Å². The first kappa shape index (κ1) is 18.5. The first-order valence-corrected chi connectivity index (χ1v) is 8.66. The molecular weight excluding hydrogens is 348 g/mol. The van der Waals surface area contributed by atoms with Crippen molar-refractivity contribution in [3.63, 3.8) is 0 Å². The molecule has 0 saturated carbocycles. The molecule has 1 aliphatic rings. The Morgan fingerprint density at radius 3 is 2.56 bits per heavy atom. The monoisotopic (exact) mass is 370 g/mol. The summed E-state index contributed by atoms with van der Waals surface area (Å²) < 4.78 is 9.88. The number of methoxy groups -OCH3 is 1. The fourth-order valence-corrected chi connectivity index (χ4v) is 2.79. The predicted molar refractivity (Wildman–Crippen MR) is 101 cm³/mol. The molecule has 2 aromatic rings. The molecule has 27 heavy (non-hydrogen) atoms. The van der Waals surface area contributed by atoms with Gasteiger partial charge in [-0.1, -0.05) is 6.07 Å². The lowest BCUT2D eigenvalue weighted by Crippen LogP contribution is -2.50. The Morgan fingerprint density at radius 2 is 1.85 bits per heavy atom. The molecule has 0 unspecified atom stereocenters. The number of esters is 1. The van der Waals surface area contributed by atoms with Crippen LogP contribution < -0.4 is 15.0 Å². The number of hydrogen-bond donors (Lipinski definition) is 1. The molecule has 1 aliphatic heterocycles.